The van der Waals surface area contributed by atoms with Crippen LogP contribution in [0.25, 0.3) is 0 Å². The van der Waals surface area contributed by atoms with Crippen LogP contribution in [-0.4, -0.2) is 7.11 Å². The maximum atomic E-state index is 5.40. The number of halogens is 1. The van der Waals surface area contributed by atoms with Crippen LogP contribution in [0.5, 0.6) is 5.75 Å². The summed E-state index contributed by atoms with van der Waals surface area (Å²) in [6, 6.07) is 15.1. The Morgan fingerprint density at radius 3 is 2.90 bits per heavy atom. The first kappa shape index (κ1) is 13.7. The number of fused-ring (bicyclic) bond motifs is 1. The molecular weight excluding hydrogens is 314 g/mol. The molecule has 1 unspecified atom stereocenters. The summed E-state index contributed by atoms with van der Waals surface area (Å²) in [5.41, 5.74) is 4.08. The van der Waals surface area contributed by atoms with Gasteiger partial charge in [-0.1, -0.05) is 46.3 Å². The molecule has 0 fully saturated rings. The number of para-hydroxylation sites is 1. The van der Waals surface area contributed by atoms with Crippen LogP contribution in [-0.2, 0) is 13.0 Å². The van der Waals surface area contributed by atoms with E-state index in [1.807, 2.05) is 12.1 Å². The summed E-state index contributed by atoms with van der Waals surface area (Å²) in [6.45, 7) is 0.834. The molecule has 0 spiro atoms. The van der Waals surface area contributed by atoms with Gasteiger partial charge in [0.1, 0.15) is 5.75 Å². The molecule has 0 aromatic heterocycles. The number of benzene rings is 2. The second-order valence-electron chi connectivity index (χ2n) is 5.09. The van der Waals surface area contributed by atoms with Gasteiger partial charge in [0.25, 0.3) is 0 Å². The Morgan fingerprint density at radius 1 is 1.20 bits per heavy atom. The van der Waals surface area contributed by atoms with Crippen LogP contribution in [0.4, 0.5) is 0 Å². The molecule has 3 rings (SSSR count). The van der Waals surface area contributed by atoms with E-state index >= 15 is 0 Å². The van der Waals surface area contributed by atoms with Crippen molar-refractivity contribution in [2.45, 2.75) is 25.4 Å². The van der Waals surface area contributed by atoms with Crippen molar-refractivity contribution < 1.29 is 4.74 Å². The summed E-state index contributed by atoms with van der Waals surface area (Å²) in [4.78, 5) is 0. The molecule has 0 heterocycles. The minimum Gasteiger partial charge on any atom is -0.496 e. The third-order valence-corrected chi connectivity index (χ3v) is 4.69. The van der Waals surface area contributed by atoms with Crippen LogP contribution in [0.2, 0.25) is 0 Å². The van der Waals surface area contributed by atoms with Crippen molar-refractivity contribution in [2.75, 3.05) is 7.11 Å². The van der Waals surface area contributed by atoms with E-state index in [4.69, 9.17) is 4.74 Å². The zero-order valence-corrected chi connectivity index (χ0v) is 13.1. The zero-order chi connectivity index (χ0) is 13.9. The summed E-state index contributed by atoms with van der Waals surface area (Å²) in [7, 11) is 1.72. The Labute approximate surface area is 128 Å². The van der Waals surface area contributed by atoms with Gasteiger partial charge in [0.2, 0.25) is 0 Å². The average Bonchev–Trinajstić information content (AvgIpc) is 2.90. The predicted molar refractivity (Wildman–Crippen MR) is 85.0 cm³/mol. The highest BCUT2D eigenvalue weighted by Gasteiger charge is 2.23. The van der Waals surface area contributed by atoms with Crippen LogP contribution in [0.1, 0.15) is 29.2 Å². The minimum absolute atomic E-state index is 0.437. The van der Waals surface area contributed by atoms with Gasteiger partial charge in [-0.05, 0) is 36.1 Å². The van der Waals surface area contributed by atoms with Crippen LogP contribution < -0.4 is 10.1 Å². The summed E-state index contributed by atoms with van der Waals surface area (Å²) < 4.78 is 6.63. The van der Waals surface area contributed by atoms with Gasteiger partial charge in [-0.2, -0.15) is 0 Å². The van der Waals surface area contributed by atoms with E-state index < -0.39 is 0 Å². The number of methoxy groups -OCH3 is 1. The van der Waals surface area contributed by atoms with E-state index in [-0.39, 0.29) is 0 Å². The lowest BCUT2D eigenvalue weighted by Crippen LogP contribution is -2.19. The second kappa shape index (κ2) is 5.98. The third-order valence-electron chi connectivity index (χ3n) is 3.94. The molecular formula is C17H18BrNO. The van der Waals surface area contributed by atoms with E-state index in [1.165, 1.54) is 21.2 Å². The average molecular weight is 332 g/mol. The van der Waals surface area contributed by atoms with Crippen LogP contribution in [0, 0.1) is 0 Å². The Balaban J connectivity index is 1.74. The first-order valence-electron chi connectivity index (χ1n) is 6.92. The van der Waals surface area contributed by atoms with Crippen molar-refractivity contribution >= 4 is 15.9 Å². The Kier molecular flexibility index (Phi) is 4.08. The Bertz CT molecular complexity index is 612. The van der Waals surface area contributed by atoms with Gasteiger partial charge >= 0.3 is 0 Å². The molecule has 2 nitrogen and oxygen atoms in total. The molecule has 2 aromatic carbocycles. The largest absolute Gasteiger partial charge is 0.496 e. The summed E-state index contributed by atoms with van der Waals surface area (Å²) in [5.74, 6) is 0.951. The second-order valence-corrected chi connectivity index (χ2v) is 5.95. The molecule has 0 radical (unpaired) electrons. The fourth-order valence-electron chi connectivity index (χ4n) is 2.90. The first-order chi connectivity index (χ1) is 9.79. The fourth-order valence-corrected chi connectivity index (χ4v) is 3.48. The summed E-state index contributed by atoms with van der Waals surface area (Å²) in [5, 5.41) is 3.66. The van der Waals surface area contributed by atoms with Crippen molar-refractivity contribution in [3.05, 3.63) is 63.6 Å². The smallest absolute Gasteiger partial charge is 0.123 e. The molecule has 0 saturated carbocycles. The number of hydrogen-bond donors (Lipinski definition) is 1. The molecule has 0 bridgehead atoms. The molecule has 104 valence electrons. The maximum absolute atomic E-state index is 5.40. The van der Waals surface area contributed by atoms with Gasteiger partial charge in [0.15, 0.2) is 0 Å². The summed E-state index contributed by atoms with van der Waals surface area (Å²) in [6.07, 6.45) is 2.30. The Hall–Kier alpha value is -1.32. The van der Waals surface area contributed by atoms with Crippen LogP contribution >= 0.6 is 15.9 Å². The van der Waals surface area contributed by atoms with E-state index in [1.54, 1.807) is 7.11 Å². The van der Waals surface area contributed by atoms with E-state index in [0.29, 0.717) is 6.04 Å². The molecule has 0 aliphatic heterocycles. The van der Waals surface area contributed by atoms with Crippen LogP contribution in [0.15, 0.2) is 46.9 Å². The normalized spacial score (nSPS) is 17.0. The van der Waals surface area contributed by atoms with Gasteiger partial charge < -0.3 is 10.1 Å². The molecule has 3 heteroatoms. The van der Waals surface area contributed by atoms with Gasteiger partial charge in [0, 0.05) is 22.6 Å². The number of nitrogens with one attached hydrogen (secondary N) is 1. The van der Waals surface area contributed by atoms with Crippen molar-refractivity contribution in [1.82, 2.24) is 5.32 Å². The number of rotatable bonds is 4. The highest BCUT2D eigenvalue weighted by atomic mass is 79.9. The summed E-state index contributed by atoms with van der Waals surface area (Å²) >= 11 is 3.65. The monoisotopic (exact) mass is 331 g/mol. The molecule has 1 N–H and O–H groups in total. The topological polar surface area (TPSA) is 21.3 Å². The van der Waals surface area contributed by atoms with Crippen molar-refractivity contribution in [1.29, 1.82) is 0 Å². The SMILES string of the molecule is COc1ccccc1CNC1CCc2c(Br)cccc21. The molecule has 1 atom stereocenters. The molecule has 20 heavy (non-hydrogen) atoms. The lowest BCUT2D eigenvalue weighted by Gasteiger charge is -2.16. The molecule has 1 aliphatic carbocycles. The van der Waals surface area contributed by atoms with Gasteiger partial charge in [-0.3, -0.25) is 0 Å². The number of hydrogen-bond acceptors (Lipinski definition) is 2. The maximum Gasteiger partial charge on any atom is 0.123 e. The first-order valence-corrected chi connectivity index (χ1v) is 7.71. The highest BCUT2D eigenvalue weighted by Crippen LogP contribution is 2.35. The van der Waals surface area contributed by atoms with Gasteiger partial charge in [-0.15, -0.1) is 0 Å². The lowest BCUT2D eigenvalue weighted by atomic mass is 10.1. The van der Waals surface area contributed by atoms with E-state index in [9.17, 15) is 0 Å². The quantitative estimate of drug-likeness (QED) is 0.904. The van der Waals surface area contributed by atoms with Crippen molar-refractivity contribution in [2.24, 2.45) is 0 Å². The molecule has 0 amide bonds. The number of ether oxygens (including phenoxy) is 1. The van der Waals surface area contributed by atoms with Crippen molar-refractivity contribution in [3.8, 4) is 5.75 Å². The third kappa shape index (κ3) is 2.60. The van der Waals surface area contributed by atoms with Gasteiger partial charge in [-0.25, -0.2) is 0 Å². The standard InChI is InChI=1S/C17H18BrNO/c1-20-17-8-3-2-5-12(17)11-19-16-10-9-13-14(16)6-4-7-15(13)18/h2-8,16,19H,9-11H2,1H3. The van der Waals surface area contributed by atoms with Gasteiger partial charge in [0.05, 0.1) is 7.11 Å². The highest BCUT2D eigenvalue weighted by molar-refractivity contribution is 9.10. The minimum atomic E-state index is 0.437. The van der Waals surface area contributed by atoms with E-state index in [2.05, 4.69) is 51.6 Å². The molecule has 1 aliphatic rings. The van der Waals surface area contributed by atoms with Crippen LogP contribution in [0.3, 0.4) is 0 Å². The van der Waals surface area contributed by atoms with Crippen molar-refractivity contribution in [3.63, 3.8) is 0 Å². The fraction of sp³-hybridized carbons (Fsp3) is 0.294. The Morgan fingerprint density at radius 2 is 2.05 bits per heavy atom. The molecule has 0 saturated heterocycles. The predicted octanol–water partition coefficient (Wildman–Crippen LogP) is 4.23. The lowest BCUT2D eigenvalue weighted by molar-refractivity contribution is 0.405. The van der Waals surface area contributed by atoms with E-state index in [0.717, 1.165) is 25.1 Å². The zero-order valence-electron chi connectivity index (χ0n) is 11.5. The molecule has 2 aromatic rings.